The number of pyridine rings is 1. The van der Waals surface area contributed by atoms with E-state index in [1.54, 1.807) is 18.5 Å². The van der Waals surface area contributed by atoms with Crippen LogP contribution in [0.4, 0.5) is 0 Å². The lowest BCUT2D eigenvalue weighted by Crippen LogP contribution is -1.92. The maximum atomic E-state index is 11.4. The molecule has 1 aromatic heterocycles. The fourth-order valence-corrected chi connectivity index (χ4v) is 2.15. The van der Waals surface area contributed by atoms with Crippen molar-refractivity contribution in [3.05, 3.63) is 34.5 Å². The number of carbonyl (C=O) groups is 2. The van der Waals surface area contributed by atoms with Crippen molar-refractivity contribution in [1.82, 2.24) is 4.98 Å². The lowest BCUT2D eigenvalue weighted by molar-refractivity contribution is -0.119. The van der Waals surface area contributed by atoms with Gasteiger partial charge >= 0.3 is 0 Å². The molecule has 4 heteroatoms. The molecule has 0 aliphatic carbocycles. The molecule has 2 heterocycles. The van der Waals surface area contributed by atoms with Gasteiger partial charge in [0, 0.05) is 12.4 Å². The number of aryl methyl sites for hydroxylation is 1. The molecule has 0 N–H and O–H groups in total. The van der Waals surface area contributed by atoms with Gasteiger partial charge in [0.25, 0.3) is 0 Å². The van der Waals surface area contributed by atoms with Gasteiger partial charge in [0.05, 0.1) is 11.3 Å². The highest BCUT2D eigenvalue weighted by molar-refractivity contribution is 8.18. The van der Waals surface area contributed by atoms with Crippen LogP contribution in [0.3, 0.4) is 0 Å². The molecule has 0 spiro atoms. The third-order valence-corrected chi connectivity index (χ3v) is 3.09. The molecular weight excluding hydrogens is 210 g/mol. The number of Topliss-reactive ketones (excluding diaryl/α,β-unsaturated/α-hetero) is 1. The minimum absolute atomic E-state index is 0.0284. The van der Waals surface area contributed by atoms with Crippen LogP contribution < -0.4 is 0 Å². The zero-order valence-electron chi connectivity index (χ0n) is 8.19. The van der Waals surface area contributed by atoms with Gasteiger partial charge in [-0.05, 0) is 42.0 Å². The summed E-state index contributed by atoms with van der Waals surface area (Å²) in [5.74, 6) is -0.0822. The van der Waals surface area contributed by atoms with Crippen LogP contribution >= 0.6 is 11.8 Å². The fourth-order valence-electron chi connectivity index (χ4n) is 1.33. The summed E-state index contributed by atoms with van der Waals surface area (Å²) in [6.07, 6.45) is 5.19. The average molecular weight is 219 g/mol. The first kappa shape index (κ1) is 10.1. The summed E-state index contributed by atoms with van der Waals surface area (Å²) in [4.78, 5) is 26.9. The van der Waals surface area contributed by atoms with E-state index in [1.807, 2.05) is 13.0 Å². The third kappa shape index (κ3) is 2.15. The van der Waals surface area contributed by atoms with E-state index >= 15 is 0 Å². The van der Waals surface area contributed by atoms with Crippen LogP contribution in [0.1, 0.15) is 17.5 Å². The lowest BCUT2D eigenvalue weighted by Gasteiger charge is -1.98. The van der Waals surface area contributed by atoms with Gasteiger partial charge in [0.15, 0.2) is 5.78 Å². The van der Waals surface area contributed by atoms with Gasteiger partial charge in [-0.2, -0.15) is 0 Å². The van der Waals surface area contributed by atoms with Crippen LogP contribution in [0, 0.1) is 6.92 Å². The van der Waals surface area contributed by atoms with Crippen molar-refractivity contribution in [2.75, 3.05) is 0 Å². The van der Waals surface area contributed by atoms with E-state index in [2.05, 4.69) is 4.98 Å². The van der Waals surface area contributed by atoms with Gasteiger partial charge in [-0.25, -0.2) is 0 Å². The molecule has 1 aliphatic rings. The minimum atomic E-state index is -0.0822. The number of ketones is 1. The predicted octanol–water partition coefficient (Wildman–Crippen LogP) is 1.96. The Morgan fingerprint density at radius 2 is 2.27 bits per heavy atom. The van der Waals surface area contributed by atoms with E-state index in [0.29, 0.717) is 4.91 Å². The third-order valence-electron chi connectivity index (χ3n) is 2.15. The minimum Gasteiger partial charge on any atom is -0.293 e. The first-order valence-corrected chi connectivity index (χ1v) is 5.34. The summed E-state index contributed by atoms with van der Waals surface area (Å²) in [6.45, 7) is 1.92. The summed E-state index contributed by atoms with van der Waals surface area (Å²) < 4.78 is 0. The Kier molecular flexibility index (Phi) is 2.68. The van der Waals surface area contributed by atoms with Crippen LogP contribution in [0.25, 0.3) is 6.08 Å². The average Bonchev–Trinajstić information content (AvgIpc) is 2.49. The molecule has 1 aliphatic heterocycles. The van der Waals surface area contributed by atoms with E-state index in [9.17, 15) is 9.59 Å². The number of hydrogen-bond acceptors (Lipinski definition) is 4. The molecule has 1 fully saturated rings. The summed E-state index contributed by atoms with van der Waals surface area (Å²) in [7, 11) is 0. The largest absolute Gasteiger partial charge is 0.293 e. The zero-order chi connectivity index (χ0) is 10.8. The highest BCUT2D eigenvalue weighted by Gasteiger charge is 2.25. The molecule has 0 bridgehead atoms. The van der Waals surface area contributed by atoms with E-state index in [1.165, 1.54) is 0 Å². The molecule has 0 amide bonds. The smallest absolute Gasteiger partial charge is 0.201 e. The molecule has 76 valence electrons. The Labute approximate surface area is 91.6 Å². The van der Waals surface area contributed by atoms with Crippen LogP contribution in [-0.2, 0) is 9.59 Å². The van der Waals surface area contributed by atoms with E-state index in [0.717, 1.165) is 22.9 Å². The van der Waals surface area contributed by atoms with Crippen LogP contribution in [0.5, 0.6) is 0 Å². The van der Waals surface area contributed by atoms with Gasteiger partial charge in [0.1, 0.15) is 0 Å². The molecule has 1 saturated heterocycles. The molecule has 0 saturated carbocycles. The highest BCUT2D eigenvalue weighted by Crippen LogP contribution is 2.30. The molecule has 0 radical (unpaired) electrons. The first-order chi connectivity index (χ1) is 7.16. The second kappa shape index (κ2) is 3.98. The molecule has 0 aromatic carbocycles. The van der Waals surface area contributed by atoms with Gasteiger partial charge in [-0.1, -0.05) is 0 Å². The summed E-state index contributed by atoms with van der Waals surface area (Å²) in [6, 6.07) is 1.83. The van der Waals surface area contributed by atoms with E-state index < -0.39 is 0 Å². The topological polar surface area (TPSA) is 47.0 Å². The standard InChI is InChI=1S/C11H9NO2S/c1-7-6-12-3-2-8(7)4-10-9(13)5-11(14)15-10/h2-4,6H,5H2,1H3/b10-4-. The van der Waals surface area contributed by atoms with Crippen molar-refractivity contribution in [1.29, 1.82) is 0 Å². The summed E-state index contributed by atoms with van der Waals surface area (Å²) >= 11 is 1.03. The van der Waals surface area contributed by atoms with Crippen molar-refractivity contribution < 1.29 is 9.59 Å². The number of carbonyl (C=O) groups excluding carboxylic acids is 2. The Bertz CT molecular complexity index is 465. The molecule has 1 aromatic rings. The summed E-state index contributed by atoms with van der Waals surface area (Å²) in [5, 5.41) is -0.0713. The fraction of sp³-hybridized carbons (Fsp3) is 0.182. The number of allylic oxidation sites excluding steroid dienone is 1. The number of aromatic nitrogens is 1. The number of hydrogen-bond donors (Lipinski definition) is 0. The molecule has 3 nitrogen and oxygen atoms in total. The van der Waals surface area contributed by atoms with Gasteiger partial charge in [0.2, 0.25) is 5.12 Å². The number of thioether (sulfide) groups is 1. The van der Waals surface area contributed by atoms with Crippen LogP contribution in [0.2, 0.25) is 0 Å². The first-order valence-electron chi connectivity index (χ1n) is 4.53. The maximum absolute atomic E-state index is 11.4. The number of rotatable bonds is 1. The Morgan fingerprint density at radius 1 is 1.47 bits per heavy atom. The van der Waals surface area contributed by atoms with Gasteiger partial charge in [-0.15, -0.1) is 0 Å². The highest BCUT2D eigenvalue weighted by atomic mass is 32.2. The molecule has 2 rings (SSSR count). The SMILES string of the molecule is Cc1cnccc1/C=C1\SC(=O)CC1=O. The number of nitrogens with zero attached hydrogens (tertiary/aromatic N) is 1. The van der Waals surface area contributed by atoms with Crippen molar-refractivity contribution >= 4 is 28.7 Å². The van der Waals surface area contributed by atoms with Crippen molar-refractivity contribution in [3.8, 4) is 0 Å². The quantitative estimate of drug-likeness (QED) is 0.535. The normalized spacial score (nSPS) is 18.9. The Hall–Kier alpha value is -1.42. The van der Waals surface area contributed by atoms with Gasteiger partial charge in [-0.3, -0.25) is 14.6 Å². The Balaban J connectivity index is 2.35. The maximum Gasteiger partial charge on any atom is 0.201 e. The van der Waals surface area contributed by atoms with Crippen LogP contribution in [-0.4, -0.2) is 15.9 Å². The molecule has 0 unspecified atom stereocenters. The van der Waals surface area contributed by atoms with Crippen molar-refractivity contribution in [2.45, 2.75) is 13.3 Å². The Morgan fingerprint density at radius 3 is 2.87 bits per heavy atom. The second-order valence-corrected chi connectivity index (χ2v) is 4.41. The predicted molar refractivity (Wildman–Crippen MR) is 59.2 cm³/mol. The summed E-state index contributed by atoms with van der Waals surface area (Å²) in [5.41, 5.74) is 1.94. The van der Waals surface area contributed by atoms with E-state index in [-0.39, 0.29) is 17.3 Å². The zero-order valence-corrected chi connectivity index (χ0v) is 9.00. The molecule has 0 atom stereocenters. The molecular formula is C11H9NO2S. The van der Waals surface area contributed by atoms with Crippen molar-refractivity contribution in [2.24, 2.45) is 0 Å². The van der Waals surface area contributed by atoms with Crippen LogP contribution in [0.15, 0.2) is 23.4 Å². The van der Waals surface area contributed by atoms with Crippen molar-refractivity contribution in [3.63, 3.8) is 0 Å². The second-order valence-electron chi connectivity index (χ2n) is 3.31. The van der Waals surface area contributed by atoms with Gasteiger partial charge < -0.3 is 0 Å². The monoisotopic (exact) mass is 219 g/mol. The van der Waals surface area contributed by atoms with E-state index in [4.69, 9.17) is 0 Å². The molecule has 15 heavy (non-hydrogen) atoms. The lowest BCUT2D eigenvalue weighted by atomic mass is 10.1.